The highest BCUT2D eigenvalue weighted by Gasteiger charge is 2.11. The van der Waals surface area contributed by atoms with E-state index in [0.29, 0.717) is 5.56 Å². The van der Waals surface area contributed by atoms with Gasteiger partial charge in [-0.25, -0.2) is 0 Å². The molecule has 24 heavy (non-hydrogen) atoms. The number of carbonyl (C=O) groups excluding carboxylic acids is 1. The Morgan fingerprint density at radius 1 is 1.17 bits per heavy atom. The number of nitrogens with zero attached hydrogens (tertiary/aromatic N) is 1. The third-order valence-corrected chi connectivity index (χ3v) is 4.22. The van der Waals surface area contributed by atoms with E-state index in [2.05, 4.69) is 40.2 Å². The normalized spacial score (nSPS) is 10.7. The molecule has 0 atom stereocenters. The number of halogens is 1. The second kappa shape index (κ2) is 8.85. The number of methoxy groups -OCH3 is 1. The highest BCUT2D eigenvalue weighted by atomic mass is 79.9. The van der Waals surface area contributed by atoms with Crippen molar-refractivity contribution in [2.75, 3.05) is 33.1 Å². The van der Waals surface area contributed by atoms with Gasteiger partial charge in [-0.05, 0) is 81.5 Å². The molecule has 2 aromatic carbocycles. The van der Waals surface area contributed by atoms with E-state index in [0.717, 1.165) is 40.9 Å². The van der Waals surface area contributed by atoms with Crippen molar-refractivity contribution < 1.29 is 9.53 Å². The van der Waals surface area contributed by atoms with Gasteiger partial charge >= 0.3 is 0 Å². The first-order valence-corrected chi connectivity index (χ1v) is 8.67. The van der Waals surface area contributed by atoms with E-state index in [1.165, 1.54) is 0 Å². The Hall–Kier alpha value is -1.85. The smallest absolute Gasteiger partial charge is 0.255 e. The van der Waals surface area contributed by atoms with Gasteiger partial charge in [-0.1, -0.05) is 15.9 Å². The average molecular weight is 391 g/mol. The van der Waals surface area contributed by atoms with Gasteiger partial charge in [0.2, 0.25) is 0 Å². The monoisotopic (exact) mass is 390 g/mol. The zero-order valence-corrected chi connectivity index (χ0v) is 15.9. The summed E-state index contributed by atoms with van der Waals surface area (Å²) in [5.41, 5.74) is 2.47. The molecule has 0 aromatic heterocycles. The number of amides is 1. The van der Waals surface area contributed by atoms with Crippen LogP contribution in [0.4, 0.5) is 5.69 Å². The summed E-state index contributed by atoms with van der Waals surface area (Å²) >= 11 is 3.39. The molecule has 4 nitrogen and oxygen atoms in total. The van der Waals surface area contributed by atoms with Gasteiger partial charge in [0, 0.05) is 15.7 Å². The molecule has 0 bridgehead atoms. The van der Waals surface area contributed by atoms with Crippen LogP contribution in [-0.2, 0) is 6.42 Å². The van der Waals surface area contributed by atoms with Crippen molar-refractivity contribution in [3.8, 4) is 5.75 Å². The summed E-state index contributed by atoms with van der Waals surface area (Å²) in [4.78, 5) is 14.6. The number of hydrogen-bond donors (Lipinski definition) is 1. The molecule has 5 heteroatoms. The molecule has 0 unspecified atom stereocenters. The summed E-state index contributed by atoms with van der Waals surface area (Å²) in [6, 6.07) is 13.1. The van der Waals surface area contributed by atoms with E-state index >= 15 is 0 Å². The largest absolute Gasteiger partial charge is 0.496 e. The van der Waals surface area contributed by atoms with Crippen LogP contribution >= 0.6 is 15.9 Å². The first kappa shape index (κ1) is 18.5. The number of nitrogens with one attached hydrogen (secondary N) is 1. The summed E-state index contributed by atoms with van der Waals surface area (Å²) < 4.78 is 6.40. The molecule has 0 aliphatic heterocycles. The fraction of sp³-hybridized carbons (Fsp3) is 0.316. The standard InChI is InChI=1S/C19H23BrN2O2/c1-22(2)12-4-5-14-13-15(6-11-18(14)24-3)19(23)21-17-9-7-16(20)8-10-17/h6-11,13H,4-5,12H2,1-3H3,(H,21,23). The second-order valence-corrected chi connectivity index (χ2v) is 6.81. The van der Waals surface area contributed by atoms with Crippen molar-refractivity contribution in [2.45, 2.75) is 12.8 Å². The lowest BCUT2D eigenvalue weighted by molar-refractivity contribution is 0.102. The SMILES string of the molecule is COc1ccc(C(=O)Nc2ccc(Br)cc2)cc1CCCN(C)C. The van der Waals surface area contributed by atoms with Gasteiger partial charge in [-0.3, -0.25) is 4.79 Å². The second-order valence-electron chi connectivity index (χ2n) is 5.89. The molecular weight excluding hydrogens is 368 g/mol. The van der Waals surface area contributed by atoms with Gasteiger partial charge in [-0.2, -0.15) is 0 Å². The van der Waals surface area contributed by atoms with Gasteiger partial charge in [0.15, 0.2) is 0 Å². The first-order chi connectivity index (χ1) is 11.5. The minimum absolute atomic E-state index is 0.117. The maximum atomic E-state index is 12.5. The zero-order valence-electron chi connectivity index (χ0n) is 14.3. The molecular formula is C19H23BrN2O2. The molecule has 0 radical (unpaired) electrons. The average Bonchev–Trinajstić information content (AvgIpc) is 2.56. The van der Waals surface area contributed by atoms with Crippen molar-refractivity contribution >= 4 is 27.5 Å². The summed E-state index contributed by atoms with van der Waals surface area (Å²) in [7, 11) is 5.77. The predicted molar refractivity (Wildman–Crippen MR) is 102 cm³/mol. The maximum Gasteiger partial charge on any atom is 0.255 e. The fourth-order valence-corrected chi connectivity index (χ4v) is 2.70. The Morgan fingerprint density at radius 2 is 1.88 bits per heavy atom. The molecule has 0 heterocycles. The minimum atomic E-state index is -0.117. The first-order valence-electron chi connectivity index (χ1n) is 7.88. The minimum Gasteiger partial charge on any atom is -0.496 e. The van der Waals surface area contributed by atoms with Crippen LogP contribution in [0.25, 0.3) is 0 Å². The highest BCUT2D eigenvalue weighted by Crippen LogP contribution is 2.22. The van der Waals surface area contributed by atoms with E-state index in [1.54, 1.807) is 13.2 Å². The van der Waals surface area contributed by atoms with Crippen molar-refractivity contribution in [3.63, 3.8) is 0 Å². The molecule has 0 saturated carbocycles. The predicted octanol–water partition coefficient (Wildman–Crippen LogP) is 4.20. The van der Waals surface area contributed by atoms with Crippen LogP contribution in [0.1, 0.15) is 22.3 Å². The number of benzene rings is 2. The lowest BCUT2D eigenvalue weighted by Gasteiger charge is -2.13. The van der Waals surface area contributed by atoms with Crippen LogP contribution in [0.15, 0.2) is 46.9 Å². The Kier molecular flexibility index (Phi) is 6.82. The zero-order chi connectivity index (χ0) is 17.5. The third-order valence-electron chi connectivity index (χ3n) is 3.70. The van der Waals surface area contributed by atoms with Crippen LogP contribution in [0.5, 0.6) is 5.75 Å². The molecule has 0 aliphatic rings. The van der Waals surface area contributed by atoms with Crippen LogP contribution in [0.2, 0.25) is 0 Å². The van der Waals surface area contributed by atoms with Gasteiger partial charge < -0.3 is 15.0 Å². The summed E-state index contributed by atoms with van der Waals surface area (Å²) in [6.45, 7) is 0.998. The van der Waals surface area contributed by atoms with Crippen molar-refractivity contribution in [1.82, 2.24) is 4.90 Å². The number of ether oxygens (including phenoxy) is 1. The van der Waals surface area contributed by atoms with E-state index < -0.39 is 0 Å². The van der Waals surface area contributed by atoms with Gasteiger partial charge in [0.1, 0.15) is 5.75 Å². The fourth-order valence-electron chi connectivity index (χ4n) is 2.44. The summed E-state index contributed by atoms with van der Waals surface area (Å²) in [5, 5.41) is 2.92. The van der Waals surface area contributed by atoms with Gasteiger partial charge in [0.25, 0.3) is 5.91 Å². The lowest BCUT2D eigenvalue weighted by atomic mass is 10.0. The summed E-state index contributed by atoms with van der Waals surface area (Å²) in [6.07, 6.45) is 1.89. The lowest BCUT2D eigenvalue weighted by Crippen LogP contribution is -2.14. The third kappa shape index (κ3) is 5.35. The molecule has 2 rings (SSSR count). The molecule has 128 valence electrons. The molecule has 0 fully saturated rings. The topological polar surface area (TPSA) is 41.6 Å². The van der Waals surface area contributed by atoms with Gasteiger partial charge in [-0.15, -0.1) is 0 Å². The Bertz CT molecular complexity index is 684. The van der Waals surface area contributed by atoms with Crippen LogP contribution in [-0.4, -0.2) is 38.6 Å². The van der Waals surface area contributed by atoms with Gasteiger partial charge in [0.05, 0.1) is 7.11 Å². The number of aryl methyl sites for hydroxylation is 1. The molecule has 0 saturated heterocycles. The Balaban J connectivity index is 2.11. The quantitative estimate of drug-likeness (QED) is 0.769. The number of carbonyl (C=O) groups is 1. The molecule has 1 N–H and O–H groups in total. The maximum absolute atomic E-state index is 12.5. The Morgan fingerprint density at radius 3 is 2.50 bits per heavy atom. The molecule has 2 aromatic rings. The number of rotatable bonds is 7. The number of anilines is 1. The van der Waals surface area contributed by atoms with E-state index in [1.807, 2.05) is 36.4 Å². The van der Waals surface area contributed by atoms with Crippen molar-refractivity contribution in [1.29, 1.82) is 0 Å². The van der Waals surface area contributed by atoms with Crippen LogP contribution in [0.3, 0.4) is 0 Å². The van der Waals surface area contributed by atoms with E-state index in [9.17, 15) is 4.79 Å². The van der Waals surface area contributed by atoms with E-state index in [4.69, 9.17) is 4.74 Å². The van der Waals surface area contributed by atoms with Crippen LogP contribution in [0, 0.1) is 0 Å². The Labute approximate surface area is 151 Å². The number of hydrogen-bond acceptors (Lipinski definition) is 3. The summed E-state index contributed by atoms with van der Waals surface area (Å²) in [5.74, 6) is 0.711. The van der Waals surface area contributed by atoms with Crippen molar-refractivity contribution in [3.05, 3.63) is 58.1 Å². The molecule has 1 amide bonds. The molecule has 0 aliphatic carbocycles. The molecule has 0 spiro atoms. The van der Waals surface area contributed by atoms with Crippen molar-refractivity contribution in [2.24, 2.45) is 0 Å². The highest BCUT2D eigenvalue weighted by molar-refractivity contribution is 9.10. The van der Waals surface area contributed by atoms with E-state index in [-0.39, 0.29) is 5.91 Å². The van der Waals surface area contributed by atoms with Crippen LogP contribution < -0.4 is 10.1 Å².